The van der Waals surface area contributed by atoms with Gasteiger partial charge in [0.15, 0.2) is 0 Å². The number of hydrogen-bond acceptors (Lipinski definition) is 3. The highest BCUT2D eigenvalue weighted by molar-refractivity contribution is 5.59. The van der Waals surface area contributed by atoms with Crippen LogP contribution >= 0.6 is 0 Å². The van der Waals surface area contributed by atoms with Gasteiger partial charge in [-0.25, -0.2) is 0 Å². The first-order chi connectivity index (χ1) is 13.3. The van der Waals surface area contributed by atoms with Crippen molar-refractivity contribution in [1.29, 1.82) is 0 Å². The maximum absolute atomic E-state index is 10.2. The van der Waals surface area contributed by atoms with Gasteiger partial charge in [0, 0.05) is 12.0 Å². The fourth-order valence-corrected chi connectivity index (χ4v) is 4.10. The third kappa shape index (κ3) is 4.25. The first-order valence-electron chi connectivity index (χ1n) is 10.1. The van der Waals surface area contributed by atoms with E-state index in [9.17, 15) is 5.11 Å². The summed E-state index contributed by atoms with van der Waals surface area (Å²) in [4.78, 5) is 0. The molecule has 0 aromatic heterocycles. The molecule has 0 amide bonds. The van der Waals surface area contributed by atoms with Gasteiger partial charge in [-0.15, -0.1) is 0 Å². The highest BCUT2D eigenvalue weighted by atomic mass is 16.5. The summed E-state index contributed by atoms with van der Waals surface area (Å²) in [6.07, 6.45) is 5.65. The number of aliphatic hydroxyl groups excluding tert-OH is 1. The zero-order valence-electron chi connectivity index (χ0n) is 17.7. The van der Waals surface area contributed by atoms with Crippen LogP contribution in [0.5, 0.6) is 11.5 Å². The van der Waals surface area contributed by atoms with Gasteiger partial charge in [-0.1, -0.05) is 42.5 Å². The second kappa shape index (κ2) is 8.40. The molecule has 1 heterocycles. The highest BCUT2D eigenvalue weighted by Crippen LogP contribution is 2.45. The van der Waals surface area contributed by atoms with E-state index in [1.54, 1.807) is 0 Å². The Labute approximate surface area is 169 Å². The molecule has 0 saturated carbocycles. The first-order valence-corrected chi connectivity index (χ1v) is 10.1. The van der Waals surface area contributed by atoms with Crippen LogP contribution in [-0.4, -0.2) is 16.8 Å². The lowest BCUT2D eigenvalue weighted by Gasteiger charge is -2.39. The number of rotatable bonds is 6. The molecule has 0 saturated heterocycles. The summed E-state index contributed by atoms with van der Waals surface area (Å²) in [7, 11) is 0. The Balaban J connectivity index is 1.86. The minimum atomic E-state index is -0.479. The maximum Gasteiger partial charge on any atom is 0.127 e. The number of hydrogen-bond donors (Lipinski definition) is 1. The third-order valence-electron chi connectivity index (χ3n) is 5.84. The second-order valence-corrected chi connectivity index (χ2v) is 8.14. The summed E-state index contributed by atoms with van der Waals surface area (Å²) in [5.41, 5.74) is 5.48. The molecule has 150 valence electrons. The molecule has 28 heavy (non-hydrogen) atoms. The fraction of sp³-hybridized carbons (Fsp3) is 0.440. The number of fused-ring (bicyclic) bond motifs is 1. The second-order valence-electron chi connectivity index (χ2n) is 8.14. The van der Waals surface area contributed by atoms with E-state index in [4.69, 9.17) is 9.47 Å². The summed E-state index contributed by atoms with van der Waals surface area (Å²) >= 11 is 0. The quantitative estimate of drug-likeness (QED) is 0.663. The maximum atomic E-state index is 10.2. The average Bonchev–Trinajstić information content (AvgIpc) is 2.67. The summed E-state index contributed by atoms with van der Waals surface area (Å²) in [6.45, 7) is 10.9. The molecule has 2 aromatic carbocycles. The Bertz CT molecular complexity index is 854. The monoisotopic (exact) mass is 380 g/mol. The van der Waals surface area contributed by atoms with Crippen LogP contribution in [0.15, 0.2) is 42.5 Å². The molecule has 3 nitrogen and oxygen atoms in total. The van der Waals surface area contributed by atoms with Gasteiger partial charge in [0.2, 0.25) is 0 Å². The van der Waals surface area contributed by atoms with E-state index in [0.717, 1.165) is 35.5 Å². The van der Waals surface area contributed by atoms with Crippen molar-refractivity contribution in [3.05, 3.63) is 70.3 Å². The van der Waals surface area contributed by atoms with Gasteiger partial charge in [-0.3, -0.25) is 0 Å². The minimum Gasteiger partial charge on any atom is -0.488 e. The Kier molecular flexibility index (Phi) is 6.14. The van der Waals surface area contributed by atoms with Crippen LogP contribution < -0.4 is 9.47 Å². The summed E-state index contributed by atoms with van der Waals surface area (Å²) in [5, 5.41) is 10.2. The Morgan fingerprint density at radius 3 is 2.54 bits per heavy atom. The van der Waals surface area contributed by atoms with Gasteiger partial charge in [0.25, 0.3) is 0 Å². The van der Waals surface area contributed by atoms with Crippen LogP contribution in [-0.2, 0) is 13.0 Å². The van der Waals surface area contributed by atoms with Gasteiger partial charge in [0.1, 0.15) is 23.7 Å². The molecule has 1 aliphatic heterocycles. The van der Waals surface area contributed by atoms with Crippen LogP contribution in [0.2, 0.25) is 0 Å². The first kappa shape index (κ1) is 20.5. The molecule has 1 unspecified atom stereocenters. The lowest BCUT2D eigenvalue weighted by Crippen LogP contribution is -2.40. The van der Waals surface area contributed by atoms with E-state index in [1.165, 1.54) is 16.7 Å². The Morgan fingerprint density at radius 1 is 1.14 bits per heavy atom. The van der Waals surface area contributed by atoms with Gasteiger partial charge in [0.05, 0.1) is 6.10 Å². The smallest absolute Gasteiger partial charge is 0.127 e. The van der Waals surface area contributed by atoms with E-state index in [2.05, 4.69) is 39.8 Å². The molecule has 2 aromatic rings. The Morgan fingerprint density at radius 2 is 1.86 bits per heavy atom. The number of ether oxygens (including phenoxy) is 2. The van der Waals surface area contributed by atoms with Gasteiger partial charge in [-0.05, 0) is 69.7 Å². The molecule has 3 heteroatoms. The molecule has 0 fully saturated rings. The van der Waals surface area contributed by atoms with E-state index < -0.39 is 6.10 Å². The van der Waals surface area contributed by atoms with E-state index >= 15 is 0 Å². The minimum absolute atomic E-state index is 0.359. The SMILES string of the molecule is C/C=C/[C@H](O)CC1(C)CCc2c(C)c(OCc3ccccc3)c(C)c(C)c2O1. The largest absolute Gasteiger partial charge is 0.488 e. The average molecular weight is 381 g/mol. The zero-order chi connectivity index (χ0) is 20.3. The fourth-order valence-electron chi connectivity index (χ4n) is 4.10. The molecule has 0 spiro atoms. The lowest BCUT2D eigenvalue weighted by atomic mass is 9.84. The van der Waals surface area contributed by atoms with E-state index in [-0.39, 0.29) is 5.60 Å². The molecular formula is C25H32O3. The van der Waals surface area contributed by atoms with E-state index in [0.29, 0.717) is 13.0 Å². The van der Waals surface area contributed by atoms with Crippen molar-refractivity contribution in [2.45, 2.75) is 72.2 Å². The molecule has 0 bridgehead atoms. The van der Waals surface area contributed by atoms with Crippen LogP contribution in [0.25, 0.3) is 0 Å². The van der Waals surface area contributed by atoms with Crippen molar-refractivity contribution >= 4 is 0 Å². The molecule has 3 rings (SSSR count). The zero-order valence-corrected chi connectivity index (χ0v) is 17.7. The van der Waals surface area contributed by atoms with E-state index in [1.807, 2.05) is 37.3 Å². The number of allylic oxidation sites excluding steroid dienone is 1. The molecule has 0 radical (unpaired) electrons. The summed E-state index contributed by atoms with van der Waals surface area (Å²) in [5.74, 6) is 1.95. The molecular weight excluding hydrogens is 348 g/mol. The van der Waals surface area contributed by atoms with Crippen LogP contribution in [0.4, 0.5) is 0 Å². The number of benzene rings is 2. The number of aliphatic hydroxyl groups is 1. The standard InChI is InChI=1S/C25H32O3/c1-6-10-21(26)15-25(5)14-13-22-19(4)23(17(2)18(3)24(22)28-25)27-16-20-11-8-7-9-12-20/h6-12,21,26H,13-16H2,1-5H3/b10-6+/t21-,25?/m0/s1. The predicted octanol–water partition coefficient (Wildman–Crippen LogP) is 5.60. The molecule has 1 N–H and O–H groups in total. The van der Waals surface area contributed by atoms with Crippen molar-refractivity contribution < 1.29 is 14.6 Å². The van der Waals surface area contributed by atoms with Gasteiger partial charge < -0.3 is 14.6 Å². The van der Waals surface area contributed by atoms with Crippen LogP contribution in [0, 0.1) is 20.8 Å². The van der Waals surface area contributed by atoms with Gasteiger partial charge in [-0.2, -0.15) is 0 Å². The third-order valence-corrected chi connectivity index (χ3v) is 5.84. The van der Waals surface area contributed by atoms with Crippen LogP contribution in [0.3, 0.4) is 0 Å². The van der Waals surface area contributed by atoms with Crippen molar-refractivity contribution in [2.24, 2.45) is 0 Å². The van der Waals surface area contributed by atoms with Crippen molar-refractivity contribution in [3.8, 4) is 11.5 Å². The normalized spacial score (nSPS) is 19.9. The topological polar surface area (TPSA) is 38.7 Å². The summed E-state index contributed by atoms with van der Waals surface area (Å²) in [6, 6.07) is 10.3. The van der Waals surface area contributed by atoms with Crippen molar-refractivity contribution in [3.63, 3.8) is 0 Å². The van der Waals surface area contributed by atoms with Gasteiger partial charge >= 0.3 is 0 Å². The van der Waals surface area contributed by atoms with Crippen LogP contribution in [0.1, 0.15) is 54.5 Å². The molecule has 0 aliphatic carbocycles. The van der Waals surface area contributed by atoms with Crippen molar-refractivity contribution in [1.82, 2.24) is 0 Å². The summed E-state index contributed by atoms with van der Waals surface area (Å²) < 4.78 is 12.7. The van der Waals surface area contributed by atoms with Crippen molar-refractivity contribution in [2.75, 3.05) is 0 Å². The molecule has 2 atom stereocenters. The predicted molar refractivity (Wildman–Crippen MR) is 114 cm³/mol. The lowest BCUT2D eigenvalue weighted by molar-refractivity contribution is 0.0213. The molecule has 1 aliphatic rings. The Hall–Kier alpha value is -2.26. The highest BCUT2D eigenvalue weighted by Gasteiger charge is 2.36.